The lowest BCUT2D eigenvalue weighted by Gasteiger charge is -2.10. The first-order chi connectivity index (χ1) is 10.2. The number of hydrogen-bond acceptors (Lipinski definition) is 4. The van der Waals surface area contributed by atoms with E-state index in [2.05, 4.69) is 13.5 Å². The van der Waals surface area contributed by atoms with E-state index in [0.717, 1.165) is 18.6 Å². The minimum atomic E-state index is -0.0752. The molecule has 112 valence electrons. The maximum atomic E-state index is 12.2. The van der Waals surface area contributed by atoms with Gasteiger partial charge in [-0.05, 0) is 18.6 Å². The quantitative estimate of drug-likeness (QED) is 0.322. The highest BCUT2D eigenvalue weighted by Crippen LogP contribution is 2.32. The van der Waals surface area contributed by atoms with Gasteiger partial charge in [-0.1, -0.05) is 49.8 Å². The number of unbranched alkanes of at least 4 members (excludes halogenated alkanes) is 2. The third-order valence-corrected chi connectivity index (χ3v) is 4.55. The van der Waals surface area contributed by atoms with E-state index < -0.39 is 0 Å². The SMILES string of the molecule is C=CCN1C(=O)/C(=C\c2ccc(CCCCC)o2)SC1=S. The number of furan rings is 1. The van der Waals surface area contributed by atoms with Gasteiger partial charge in [0.05, 0.1) is 4.91 Å². The summed E-state index contributed by atoms with van der Waals surface area (Å²) in [5.41, 5.74) is 0. The molecule has 1 aromatic rings. The Bertz CT molecular complexity index is 575. The predicted molar refractivity (Wildman–Crippen MR) is 92.0 cm³/mol. The summed E-state index contributed by atoms with van der Waals surface area (Å²) >= 11 is 6.51. The molecule has 0 spiro atoms. The second-order valence-corrected chi connectivity index (χ2v) is 6.52. The van der Waals surface area contributed by atoms with E-state index in [1.165, 1.54) is 24.6 Å². The van der Waals surface area contributed by atoms with Crippen LogP contribution in [0.4, 0.5) is 0 Å². The van der Waals surface area contributed by atoms with Gasteiger partial charge in [-0.3, -0.25) is 9.69 Å². The molecular weight excluding hydrogens is 302 g/mol. The first kappa shape index (κ1) is 16.0. The van der Waals surface area contributed by atoms with Crippen LogP contribution in [-0.4, -0.2) is 21.7 Å². The number of thiocarbonyl (C=S) groups is 1. The number of nitrogens with zero attached hydrogens (tertiary/aromatic N) is 1. The summed E-state index contributed by atoms with van der Waals surface area (Å²) in [6.07, 6.45) is 7.91. The van der Waals surface area contributed by atoms with Crippen molar-refractivity contribution in [1.29, 1.82) is 0 Å². The smallest absolute Gasteiger partial charge is 0.266 e. The number of aryl methyl sites for hydroxylation is 1. The number of carbonyl (C=O) groups excluding carboxylic acids is 1. The molecule has 1 fully saturated rings. The lowest BCUT2D eigenvalue weighted by molar-refractivity contribution is -0.121. The predicted octanol–water partition coefficient (Wildman–Crippen LogP) is 4.40. The van der Waals surface area contributed by atoms with Crippen LogP contribution in [0, 0.1) is 0 Å². The van der Waals surface area contributed by atoms with E-state index in [4.69, 9.17) is 16.6 Å². The Morgan fingerprint density at radius 2 is 2.24 bits per heavy atom. The van der Waals surface area contributed by atoms with Crippen LogP contribution >= 0.6 is 24.0 Å². The van der Waals surface area contributed by atoms with E-state index in [1.807, 2.05) is 12.1 Å². The van der Waals surface area contributed by atoms with Crippen LogP contribution in [-0.2, 0) is 11.2 Å². The molecule has 0 aromatic carbocycles. The molecule has 0 N–H and O–H groups in total. The Hall–Kier alpha value is -1.33. The topological polar surface area (TPSA) is 33.5 Å². The second kappa shape index (κ2) is 7.61. The Balaban J connectivity index is 2.05. The van der Waals surface area contributed by atoms with Crippen molar-refractivity contribution in [2.24, 2.45) is 0 Å². The van der Waals surface area contributed by atoms with Crippen molar-refractivity contribution >= 4 is 40.3 Å². The van der Waals surface area contributed by atoms with E-state index in [-0.39, 0.29) is 5.91 Å². The highest BCUT2D eigenvalue weighted by molar-refractivity contribution is 8.26. The molecule has 0 bridgehead atoms. The van der Waals surface area contributed by atoms with Gasteiger partial charge in [-0.15, -0.1) is 6.58 Å². The average Bonchev–Trinajstić information content (AvgIpc) is 3.00. The van der Waals surface area contributed by atoms with Crippen LogP contribution in [0.5, 0.6) is 0 Å². The van der Waals surface area contributed by atoms with Gasteiger partial charge < -0.3 is 4.42 Å². The fourth-order valence-electron chi connectivity index (χ4n) is 2.07. The van der Waals surface area contributed by atoms with Crippen molar-refractivity contribution in [3.05, 3.63) is 41.2 Å². The minimum Gasteiger partial charge on any atom is -0.462 e. The highest BCUT2D eigenvalue weighted by Gasteiger charge is 2.31. The van der Waals surface area contributed by atoms with Crippen molar-refractivity contribution < 1.29 is 9.21 Å². The molecule has 5 heteroatoms. The van der Waals surface area contributed by atoms with E-state index in [9.17, 15) is 4.79 Å². The summed E-state index contributed by atoms with van der Waals surface area (Å²) in [7, 11) is 0. The standard InChI is InChI=1S/C16H19NO2S2/c1-3-5-6-7-12-8-9-13(19-12)11-14-15(18)17(10-4-2)16(20)21-14/h4,8-9,11H,2-3,5-7,10H2,1H3/b14-11+. The Kier molecular flexibility index (Phi) is 5.82. The molecule has 2 heterocycles. The van der Waals surface area contributed by atoms with E-state index in [0.29, 0.717) is 21.5 Å². The van der Waals surface area contributed by atoms with Gasteiger partial charge in [0, 0.05) is 19.0 Å². The summed E-state index contributed by atoms with van der Waals surface area (Å²) in [5, 5.41) is 0. The van der Waals surface area contributed by atoms with Crippen molar-refractivity contribution in [3.63, 3.8) is 0 Å². The number of thioether (sulfide) groups is 1. The van der Waals surface area contributed by atoms with Crippen molar-refractivity contribution in [2.45, 2.75) is 32.6 Å². The van der Waals surface area contributed by atoms with Crippen molar-refractivity contribution in [2.75, 3.05) is 6.54 Å². The summed E-state index contributed by atoms with van der Waals surface area (Å²) in [4.78, 5) is 14.3. The molecule has 0 atom stereocenters. The third-order valence-electron chi connectivity index (χ3n) is 3.17. The zero-order valence-corrected chi connectivity index (χ0v) is 13.8. The first-order valence-electron chi connectivity index (χ1n) is 7.10. The first-order valence-corrected chi connectivity index (χ1v) is 8.33. The molecular formula is C16H19NO2S2. The summed E-state index contributed by atoms with van der Waals surface area (Å²) in [5.74, 6) is 1.60. The van der Waals surface area contributed by atoms with Gasteiger partial charge in [0.25, 0.3) is 5.91 Å². The van der Waals surface area contributed by atoms with Crippen molar-refractivity contribution in [3.8, 4) is 0 Å². The average molecular weight is 321 g/mol. The fraction of sp³-hybridized carbons (Fsp3) is 0.375. The van der Waals surface area contributed by atoms with Crippen LogP contribution in [0.15, 0.2) is 34.1 Å². The zero-order chi connectivity index (χ0) is 15.2. The molecule has 1 aliphatic heterocycles. The van der Waals surface area contributed by atoms with E-state index in [1.54, 1.807) is 17.1 Å². The van der Waals surface area contributed by atoms with Gasteiger partial charge in [0.15, 0.2) is 0 Å². The molecule has 21 heavy (non-hydrogen) atoms. The number of rotatable bonds is 7. The fourth-order valence-corrected chi connectivity index (χ4v) is 3.33. The largest absolute Gasteiger partial charge is 0.462 e. The second-order valence-electron chi connectivity index (χ2n) is 4.84. The monoisotopic (exact) mass is 321 g/mol. The third kappa shape index (κ3) is 4.08. The van der Waals surface area contributed by atoms with Crippen LogP contribution in [0.3, 0.4) is 0 Å². The normalized spacial score (nSPS) is 17.0. The van der Waals surface area contributed by atoms with Gasteiger partial charge >= 0.3 is 0 Å². The molecule has 1 aliphatic rings. The molecule has 3 nitrogen and oxygen atoms in total. The van der Waals surface area contributed by atoms with Gasteiger partial charge in [-0.25, -0.2) is 0 Å². The van der Waals surface area contributed by atoms with E-state index >= 15 is 0 Å². The Morgan fingerprint density at radius 3 is 2.95 bits per heavy atom. The van der Waals surface area contributed by atoms with Gasteiger partial charge in [0.1, 0.15) is 15.8 Å². The molecule has 0 aliphatic carbocycles. The summed E-state index contributed by atoms with van der Waals surface area (Å²) in [6, 6.07) is 3.88. The maximum Gasteiger partial charge on any atom is 0.266 e. The highest BCUT2D eigenvalue weighted by atomic mass is 32.2. The van der Waals surface area contributed by atoms with Crippen LogP contribution in [0.2, 0.25) is 0 Å². The Labute approximate surface area is 135 Å². The lowest BCUT2D eigenvalue weighted by atomic mass is 10.2. The molecule has 0 radical (unpaired) electrons. The van der Waals surface area contributed by atoms with Crippen molar-refractivity contribution in [1.82, 2.24) is 4.90 Å². The molecule has 1 amide bonds. The minimum absolute atomic E-state index is 0.0752. The van der Waals surface area contributed by atoms with Gasteiger partial charge in [-0.2, -0.15) is 0 Å². The molecule has 0 saturated carbocycles. The Morgan fingerprint density at radius 1 is 1.43 bits per heavy atom. The van der Waals surface area contributed by atoms with Crippen LogP contribution in [0.25, 0.3) is 6.08 Å². The number of carbonyl (C=O) groups is 1. The molecule has 1 saturated heterocycles. The number of amides is 1. The molecule has 1 aromatic heterocycles. The molecule has 2 rings (SSSR count). The lowest BCUT2D eigenvalue weighted by Crippen LogP contribution is -2.27. The maximum absolute atomic E-state index is 12.2. The number of hydrogen-bond donors (Lipinski definition) is 0. The van der Waals surface area contributed by atoms with Crippen LogP contribution < -0.4 is 0 Å². The molecule has 0 unspecified atom stereocenters. The summed E-state index contributed by atoms with van der Waals surface area (Å²) < 4.78 is 6.32. The summed E-state index contributed by atoms with van der Waals surface area (Å²) in [6.45, 7) is 6.27. The van der Waals surface area contributed by atoms with Gasteiger partial charge in [0.2, 0.25) is 0 Å². The van der Waals surface area contributed by atoms with Crippen LogP contribution in [0.1, 0.15) is 37.7 Å². The zero-order valence-electron chi connectivity index (χ0n) is 12.1.